The molecule has 1 saturated carbocycles. The number of carbonyl (C=O) groups excluding carboxylic acids is 2. The van der Waals surface area contributed by atoms with Crippen molar-refractivity contribution in [3.63, 3.8) is 0 Å². The van der Waals surface area contributed by atoms with E-state index < -0.39 is 0 Å². The van der Waals surface area contributed by atoms with Crippen LogP contribution in [-0.2, 0) is 4.79 Å². The van der Waals surface area contributed by atoms with Crippen LogP contribution in [0.4, 0.5) is 5.69 Å². The van der Waals surface area contributed by atoms with Gasteiger partial charge in [0.2, 0.25) is 5.91 Å². The Balaban J connectivity index is 0.00000225. The Bertz CT molecular complexity index is 565. The molecule has 5 nitrogen and oxygen atoms in total. The van der Waals surface area contributed by atoms with Gasteiger partial charge in [0.1, 0.15) is 0 Å². The second kappa shape index (κ2) is 9.78. The van der Waals surface area contributed by atoms with E-state index in [1.54, 1.807) is 24.3 Å². The van der Waals surface area contributed by atoms with Crippen molar-refractivity contribution >= 4 is 29.9 Å². The van der Waals surface area contributed by atoms with Crippen molar-refractivity contribution in [1.82, 2.24) is 10.6 Å². The summed E-state index contributed by atoms with van der Waals surface area (Å²) < 4.78 is 0. The number of amides is 2. The van der Waals surface area contributed by atoms with Gasteiger partial charge in [0.25, 0.3) is 5.91 Å². The van der Waals surface area contributed by atoms with Gasteiger partial charge in [0.15, 0.2) is 0 Å². The topological polar surface area (TPSA) is 70.2 Å². The number of hydrogen-bond acceptors (Lipinski definition) is 3. The van der Waals surface area contributed by atoms with Gasteiger partial charge in [-0.2, -0.15) is 0 Å². The minimum atomic E-state index is -0.0199. The predicted molar refractivity (Wildman–Crippen MR) is 102 cm³/mol. The Morgan fingerprint density at radius 2 is 1.80 bits per heavy atom. The molecule has 25 heavy (non-hydrogen) atoms. The summed E-state index contributed by atoms with van der Waals surface area (Å²) in [6.07, 6.45) is 7.21. The number of nitrogens with one attached hydrogen (secondary N) is 3. The summed E-state index contributed by atoms with van der Waals surface area (Å²) in [6.45, 7) is 2.09. The Hall–Kier alpha value is -1.59. The molecular weight excluding hydrogens is 338 g/mol. The summed E-state index contributed by atoms with van der Waals surface area (Å²) in [5.74, 6) is 0.649. The molecule has 2 amide bonds. The van der Waals surface area contributed by atoms with Gasteiger partial charge < -0.3 is 16.0 Å². The van der Waals surface area contributed by atoms with Gasteiger partial charge in [0.05, 0.1) is 0 Å². The first-order valence-electron chi connectivity index (χ1n) is 9.12. The predicted octanol–water partition coefficient (Wildman–Crippen LogP) is 3.11. The molecule has 138 valence electrons. The molecule has 1 saturated heterocycles. The number of halogens is 1. The summed E-state index contributed by atoms with van der Waals surface area (Å²) in [6, 6.07) is 7.49. The van der Waals surface area contributed by atoms with Crippen LogP contribution < -0.4 is 16.0 Å². The third kappa shape index (κ3) is 6.01. The lowest BCUT2D eigenvalue weighted by atomic mass is 10.0. The fraction of sp³-hybridized carbons (Fsp3) is 0.579. The van der Waals surface area contributed by atoms with Gasteiger partial charge >= 0.3 is 0 Å². The average molecular weight is 366 g/mol. The van der Waals surface area contributed by atoms with Gasteiger partial charge in [-0.05, 0) is 69.0 Å². The average Bonchev–Trinajstić information content (AvgIpc) is 3.27. The summed E-state index contributed by atoms with van der Waals surface area (Å²) in [5.41, 5.74) is 1.40. The van der Waals surface area contributed by atoms with E-state index in [4.69, 9.17) is 0 Å². The van der Waals surface area contributed by atoms with E-state index in [1.165, 1.54) is 12.8 Å². The van der Waals surface area contributed by atoms with Crippen LogP contribution in [-0.4, -0.2) is 30.9 Å². The fourth-order valence-corrected chi connectivity index (χ4v) is 3.56. The summed E-state index contributed by atoms with van der Waals surface area (Å²) in [7, 11) is 0. The molecule has 2 fully saturated rings. The molecule has 2 aliphatic rings. The van der Waals surface area contributed by atoms with E-state index in [0.29, 0.717) is 23.9 Å². The van der Waals surface area contributed by atoms with Crippen molar-refractivity contribution in [3.05, 3.63) is 29.8 Å². The fourth-order valence-electron chi connectivity index (χ4n) is 3.56. The van der Waals surface area contributed by atoms with Gasteiger partial charge in [0, 0.05) is 23.7 Å². The molecule has 1 atom stereocenters. The molecule has 1 aliphatic carbocycles. The van der Waals surface area contributed by atoms with E-state index in [9.17, 15) is 9.59 Å². The van der Waals surface area contributed by atoms with Crippen LogP contribution in [0.3, 0.4) is 0 Å². The van der Waals surface area contributed by atoms with E-state index >= 15 is 0 Å². The van der Waals surface area contributed by atoms with Crippen molar-refractivity contribution in [2.24, 2.45) is 5.92 Å². The maximum Gasteiger partial charge on any atom is 0.251 e. The van der Waals surface area contributed by atoms with Gasteiger partial charge in [-0.3, -0.25) is 9.59 Å². The maximum absolute atomic E-state index is 12.2. The molecule has 3 N–H and O–H groups in total. The Labute approximate surface area is 155 Å². The van der Waals surface area contributed by atoms with Crippen molar-refractivity contribution < 1.29 is 9.59 Å². The molecule has 0 radical (unpaired) electrons. The number of benzene rings is 1. The maximum atomic E-state index is 12.2. The molecule has 1 aliphatic heterocycles. The molecule has 0 aromatic heterocycles. The van der Waals surface area contributed by atoms with Crippen LogP contribution in [0.2, 0.25) is 0 Å². The van der Waals surface area contributed by atoms with Gasteiger partial charge in [-0.15, -0.1) is 12.4 Å². The van der Waals surface area contributed by atoms with Crippen molar-refractivity contribution in [2.75, 3.05) is 18.4 Å². The highest BCUT2D eigenvalue weighted by Gasteiger charge is 2.18. The van der Waals surface area contributed by atoms with Crippen LogP contribution in [0.25, 0.3) is 0 Å². The van der Waals surface area contributed by atoms with Crippen LogP contribution in [0, 0.1) is 5.92 Å². The highest BCUT2D eigenvalue weighted by Crippen LogP contribution is 2.19. The Kier molecular flexibility index (Phi) is 7.72. The van der Waals surface area contributed by atoms with Crippen LogP contribution in [0.15, 0.2) is 24.3 Å². The Morgan fingerprint density at radius 1 is 1.08 bits per heavy atom. The van der Waals surface area contributed by atoms with E-state index in [2.05, 4.69) is 16.0 Å². The van der Waals surface area contributed by atoms with Crippen LogP contribution in [0.5, 0.6) is 0 Å². The standard InChI is InChI=1S/C19H27N3O2.ClH/c23-18(10-5-14-11-12-20-13-14)21-17-8-6-15(7-9-17)19(24)22-16-3-1-2-4-16;/h6-9,14,16,20H,1-5,10-13H2,(H,21,23)(H,22,24);1H. The largest absolute Gasteiger partial charge is 0.349 e. The molecule has 1 aromatic carbocycles. The lowest BCUT2D eigenvalue weighted by molar-refractivity contribution is -0.116. The smallest absolute Gasteiger partial charge is 0.251 e. The molecule has 0 spiro atoms. The molecular formula is C19H28ClN3O2. The zero-order chi connectivity index (χ0) is 16.8. The molecule has 1 aromatic rings. The van der Waals surface area contributed by atoms with Crippen LogP contribution in [0.1, 0.15) is 55.3 Å². The van der Waals surface area contributed by atoms with Crippen molar-refractivity contribution in [1.29, 1.82) is 0 Å². The third-order valence-electron chi connectivity index (χ3n) is 5.06. The lowest BCUT2D eigenvalue weighted by Crippen LogP contribution is -2.32. The number of hydrogen-bond donors (Lipinski definition) is 3. The number of anilines is 1. The van der Waals surface area contributed by atoms with Crippen molar-refractivity contribution in [2.45, 2.75) is 51.0 Å². The molecule has 3 rings (SSSR count). The SMILES string of the molecule is Cl.O=C(CCC1CCNC1)Nc1ccc(C(=O)NC2CCCC2)cc1. The first-order valence-corrected chi connectivity index (χ1v) is 9.12. The summed E-state index contributed by atoms with van der Waals surface area (Å²) in [5, 5.41) is 9.31. The second-order valence-electron chi connectivity index (χ2n) is 6.98. The summed E-state index contributed by atoms with van der Waals surface area (Å²) in [4.78, 5) is 24.2. The lowest BCUT2D eigenvalue weighted by Gasteiger charge is -2.12. The molecule has 1 unspecified atom stereocenters. The minimum Gasteiger partial charge on any atom is -0.349 e. The normalized spacial score (nSPS) is 20.1. The molecule has 1 heterocycles. The Morgan fingerprint density at radius 3 is 2.44 bits per heavy atom. The zero-order valence-corrected chi connectivity index (χ0v) is 15.4. The number of carbonyl (C=O) groups is 2. The second-order valence-corrected chi connectivity index (χ2v) is 6.98. The molecule has 6 heteroatoms. The van der Waals surface area contributed by atoms with E-state index in [-0.39, 0.29) is 24.2 Å². The first-order chi connectivity index (χ1) is 11.7. The third-order valence-corrected chi connectivity index (χ3v) is 5.06. The highest BCUT2D eigenvalue weighted by molar-refractivity contribution is 5.96. The van der Waals surface area contributed by atoms with Gasteiger partial charge in [-0.25, -0.2) is 0 Å². The van der Waals surface area contributed by atoms with Crippen molar-refractivity contribution in [3.8, 4) is 0 Å². The number of rotatable bonds is 6. The highest BCUT2D eigenvalue weighted by atomic mass is 35.5. The van der Waals surface area contributed by atoms with E-state index in [1.807, 2.05) is 0 Å². The molecule has 0 bridgehead atoms. The van der Waals surface area contributed by atoms with Crippen LogP contribution >= 0.6 is 12.4 Å². The van der Waals surface area contributed by atoms with Gasteiger partial charge in [-0.1, -0.05) is 12.8 Å². The monoisotopic (exact) mass is 365 g/mol. The zero-order valence-electron chi connectivity index (χ0n) is 14.6. The quantitative estimate of drug-likeness (QED) is 0.725. The minimum absolute atomic E-state index is 0. The van der Waals surface area contributed by atoms with E-state index in [0.717, 1.165) is 44.5 Å². The summed E-state index contributed by atoms with van der Waals surface area (Å²) >= 11 is 0. The first kappa shape index (κ1) is 19.7.